The van der Waals surface area contributed by atoms with Crippen molar-refractivity contribution < 1.29 is 36.9 Å². The fourth-order valence-corrected chi connectivity index (χ4v) is 6.07. The molecule has 0 saturated carbocycles. The molecule has 4 N–H and O–H groups in total. The van der Waals surface area contributed by atoms with Gasteiger partial charge < -0.3 is 15.2 Å². The Bertz CT molecular complexity index is 1270. The molecule has 9 nitrogen and oxygen atoms in total. The van der Waals surface area contributed by atoms with E-state index in [0.29, 0.717) is 0 Å². The topological polar surface area (TPSA) is 130 Å². The van der Waals surface area contributed by atoms with Gasteiger partial charge in [-0.25, -0.2) is 14.1 Å². The number of nitrogens with one attached hydrogen (secondary N) is 1. The van der Waals surface area contributed by atoms with Crippen LogP contribution in [0.4, 0.5) is 13.2 Å². The molecule has 0 aliphatic carbocycles. The average Bonchev–Trinajstić information content (AvgIpc) is 3.06. The fraction of sp³-hybridized carbons (Fsp3) is 0.381. The van der Waals surface area contributed by atoms with Gasteiger partial charge in [0.1, 0.15) is 28.5 Å². The molecule has 1 aliphatic rings. The van der Waals surface area contributed by atoms with E-state index in [1.54, 1.807) is 6.92 Å². The molecule has 0 radical (unpaired) electrons. The molecule has 1 aliphatic heterocycles. The quantitative estimate of drug-likeness (QED) is 0.407. The minimum Gasteiger partial charge on any atom is -0.435 e. The van der Waals surface area contributed by atoms with Crippen LogP contribution in [0, 0.1) is 5.82 Å². The Morgan fingerprint density at radius 1 is 1.29 bits per heavy atom. The molecule has 1 amide bonds. The summed E-state index contributed by atoms with van der Waals surface area (Å²) in [4.78, 5) is 17.0. The van der Waals surface area contributed by atoms with Crippen molar-refractivity contribution in [3.05, 3.63) is 47.5 Å². The number of hydrogen-bond acceptors (Lipinski definition) is 7. The van der Waals surface area contributed by atoms with Crippen molar-refractivity contribution in [1.82, 2.24) is 20.1 Å². The summed E-state index contributed by atoms with van der Waals surface area (Å²) in [6.45, 7) is 1.46. The molecule has 1 saturated heterocycles. The van der Waals surface area contributed by atoms with E-state index in [1.807, 2.05) is 0 Å². The van der Waals surface area contributed by atoms with Crippen LogP contribution in [0.25, 0.3) is 16.7 Å². The predicted octanol–water partition coefficient (Wildman–Crippen LogP) is 3.64. The molecule has 0 spiro atoms. The second kappa shape index (κ2) is 8.12. The maximum absolute atomic E-state index is 14.6. The third kappa shape index (κ3) is 4.69. The number of aliphatic hydroxyl groups is 1. The van der Waals surface area contributed by atoms with E-state index in [0.717, 1.165) is 22.9 Å². The summed E-state index contributed by atoms with van der Waals surface area (Å²) in [7, 11) is -2.69. The fourth-order valence-electron chi connectivity index (χ4n) is 3.97. The molecule has 1 aromatic carbocycles. The molecule has 34 heavy (non-hydrogen) atoms. The van der Waals surface area contributed by atoms with Crippen LogP contribution in [0.2, 0.25) is 0 Å². The second-order valence-electron chi connectivity index (χ2n) is 9.01. The van der Waals surface area contributed by atoms with E-state index in [2.05, 4.69) is 20.1 Å². The van der Waals surface area contributed by atoms with E-state index in [9.17, 15) is 32.2 Å². The first-order chi connectivity index (χ1) is 15.7. The number of ether oxygens (including phenoxy) is 1. The van der Waals surface area contributed by atoms with Crippen molar-refractivity contribution in [3.63, 3.8) is 0 Å². The van der Waals surface area contributed by atoms with Gasteiger partial charge in [0, 0.05) is 17.6 Å². The highest BCUT2D eigenvalue weighted by molar-refractivity contribution is 8.25. The summed E-state index contributed by atoms with van der Waals surface area (Å²) >= 11 is 0. The lowest BCUT2D eigenvalue weighted by Gasteiger charge is -2.54. The number of nitrogens with zero attached hydrogens (tertiary/aromatic N) is 3. The summed E-state index contributed by atoms with van der Waals surface area (Å²) < 4.78 is 64.6. The number of alkyl halides is 2. The summed E-state index contributed by atoms with van der Waals surface area (Å²) in [5, 5.41) is 17.9. The van der Waals surface area contributed by atoms with Gasteiger partial charge in [-0.3, -0.25) is 13.9 Å². The lowest BCUT2D eigenvalue weighted by Crippen LogP contribution is -2.61. The Morgan fingerprint density at radius 3 is 2.56 bits per heavy atom. The molecule has 0 unspecified atom stereocenters. The zero-order valence-corrected chi connectivity index (χ0v) is 19.2. The molecular weight excluding hydrogens is 477 g/mol. The molecular formula is C21H23F3N4O5S. The van der Waals surface area contributed by atoms with Crippen molar-refractivity contribution >= 4 is 27.5 Å². The van der Waals surface area contributed by atoms with Crippen LogP contribution in [0.3, 0.4) is 0 Å². The lowest BCUT2D eigenvalue weighted by atomic mass is 10.0. The van der Waals surface area contributed by atoms with E-state index in [4.69, 9.17) is 0 Å². The number of carbonyl (C=O) groups is 1. The predicted molar refractivity (Wildman–Crippen MR) is 119 cm³/mol. The zero-order valence-electron chi connectivity index (χ0n) is 18.4. The number of aromatic nitrogens is 3. The molecule has 3 aromatic rings. The second-order valence-corrected chi connectivity index (χ2v) is 11.2. The Kier molecular flexibility index (Phi) is 5.79. The van der Waals surface area contributed by atoms with Gasteiger partial charge in [0.2, 0.25) is 0 Å². The largest absolute Gasteiger partial charge is 0.435 e. The summed E-state index contributed by atoms with van der Waals surface area (Å²) in [6.07, 6.45) is 1.22. The van der Waals surface area contributed by atoms with Crippen molar-refractivity contribution in [2.75, 3.05) is 11.5 Å². The minimum atomic E-state index is -3.11. The number of amides is 1. The van der Waals surface area contributed by atoms with Crippen molar-refractivity contribution in [1.29, 1.82) is 0 Å². The first kappa shape index (κ1) is 24.3. The van der Waals surface area contributed by atoms with Gasteiger partial charge in [0.05, 0.1) is 22.6 Å². The smallest absolute Gasteiger partial charge is 0.387 e. The Hall–Kier alpha value is -2.87. The number of carbonyl (C=O) groups excluding carboxylic acids is 1. The monoisotopic (exact) mass is 500 g/mol. The van der Waals surface area contributed by atoms with Gasteiger partial charge >= 0.3 is 6.61 Å². The van der Waals surface area contributed by atoms with Crippen LogP contribution in [0.5, 0.6) is 5.75 Å². The van der Waals surface area contributed by atoms with E-state index in [-0.39, 0.29) is 45.2 Å². The minimum absolute atomic E-state index is 0.0323. The Balaban J connectivity index is 1.77. The number of pyridine rings is 1. The number of benzene rings is 1. The number of rotatable bonds is 6. The SMILES string of the molecule is CC1(NC(=O)c2cnc3c(c2)c(C(C)(C)O)nn3-c2cc(OC(F)F)ccc2F)CS(O)(O)C1. The molecule has 13 heteroatoms. The maximum atomic E-state index is 14.6. The van der Waals surface area contributed by atoms with E-state index < -0.39 is 40.1 Å². The maximum Gasteiger partial charge on any atom is 0.387 e. The highest BCUT2D eigenvalue weighted by Gasteiger charge is 2.45. The van der Waals surface area contributed by atoms with Crippen molar-refractivity contribution in [2.24, 2.45) is 0 Å². The molecule has 1 fully saturated rings. The standard InChI is InChI=1S/C21H23F3N4O5S/c1-20(2,30)16-13-6-11(18(29)26-21(3)9-34(31,32)10-21)8-25-17(13)28(27-16)15-7-12(33-19(23)24)4-5-14(15)22/h4-8,19,30-32H,9-10H2,1-3H3,(H,26,29). The number of halogens is 3. The van der Waals surface area contributed by atoms with Crippen LogP contribution in [-0.2, 0) is 5.60 Å². The van der Waals surface area contributed by atoms with Gasteiger partial charge in [0.25, 0.3) is 5.91 Å². The zero-order chi connectivity index (χ0) is 25.1. The van der Waals surface area contributed by atoms with Crippen LogP contribution in [0.15, 0.2) is 30.5 Å². The van der Waals surface area contributed by atoms with Crippen molar-refractivity contribution in [2.45, 2.75) is 38.5 Å². The summed E-state index contributed by atoms with van der Waals surface area (Å²) in [6, 6.07) is 4.43. The number of fused-ring (bicyclic) bond motifs is 1. The Morgan fingerprint density at radius 2 is 1.97 bits per heavy atom. The van der Waals surface area contributed by atoms with Gasteiger partial charge in [-0.2, -0.15) is 24.5 Å². The van der Waals surface area contributed by atoms with Crippen LogP contribution < -0.4 is 10.1 Å². The summed E-state index contributed by atoms with van der Waals surface area (Å²) in [5.74, 6) is -1.56. The first-order valence-corrected chi connectivity index (χ1v) is 12.0. The van der Waals surface area contributed by atoms with Crippen molar-refractivity contribution in [3.8, 4) is 11.4 Å². The van der Waals surface area contributed by atoms with E-state index >= 15 is 0 Å². The summed E-state index contributed by atoms with van der Waals surface area (Å²) in [5.41, 5.74) is -2.29. The van der Waals surface area contributed by atoms with Crippen LogP contribution >= 0.6 is 10.6 Å². The van der Waals surface area contributed by atoms with Crippen LogP contribution in [0.1, 0.15) is 36.8 Å². The van der Waals surface area contributed by atoms with E-state index in [1.165, 1.54) is 26.1 Å². The molecule has 4 rings (SSSR count). The Labute approximate surface area is 193 Å². The molecule has 3 heterocycles. The van der Waals surface area contributed by atoms with Gasteiger partial charge in [0.15, 0.2) is 5.65 Å². The van der Waals surface area contributed by atoms with Gasteiger partial charge in [-0.05, 0) is 39.0 Å². The van der Waals surface area contributed by atoms with Gasteiger partial charge in [-0.15, -0.1) is 0 Å². The molecule has 0 bridgehead atoms. The normalized spacial score (nSPS) is 17.9. The number of hydrogen-bond donors (Lipinski definition) is 4. The highest BCUT2D eigenvalue weighted by Crippen LogP contribution is 2.53. The first-order valence-electron chi connectivity index (χ1n) is 10.1. The molecule has 2 aromatic heterocycles. The van der Waals surface area contributed by atoms with Crippen LogP contribution in [-0.4, -0.2) is 58.5 Å². The lowest BCUT2D eigenvalue weighted by molar-refractivity contribution is -0.0498. The molecule has 184 valence electrons. The highest BCUT2D eigenvalue weighted by atomic mass is 32.3. The van der Waals surface area contributed by atoms with Gasteiger partial charge in [-0.1, -0.05) is 0 Å². The third-order valence-electron chi connectivity index (χ3n) is 5.25. The third-order valence-corrected chi connectivity index (χ3v) is 7.45. The average molecular weight is 500 g/mol. The molecule has 0 atom stereocenters.